The zero-order chi connectivity index (χ0) is 21.7. The minimum atomic E-state index is -4.86. The van der Waals surface area contributed by atoms with Gasteiger partial charge in [-0.15, -0.1) is 13.2 Å². The highest BCUT2D eigenvalue weighted by Gasteiger charge is 2.33. The van der Waals surface area contributed by atoms with Crippen molar-refractivity contribution in [3.8, 4) is 5.75 Å². The highest BCUT2D eigenvalue weighted by atomic mass is 19.4. The number of rotatable bonds is 6. The number of para-hydroxylation sites is 1. The minimum Gasteiger partial charge on any atom is -0.405 e. The van der Waals surface area contributed by atoms with E-state index in [9.17, 15) is 18.0 Å². The van der Waals surface area contributed by atoms with Gasteiger partial charge in [-0.05, 0) is 43.9 Å². The predicted molar refractivity (Wildman–Crippen MR) is 107 cm³/mol. The lowest BCUT2D eigenvalue weighted by atomic mass is 9.91. The van der Waals surface area contributed by atoms with Crippen LogP contribution in [0.15, 0.2) is 36.5 Å². The molecule has 1 aromatic carbocycles. The summed E-state index contributed by atoms with van der Waals surface area (Å²) < 4.78 is 41.6. The quantitative estimate of drug-likeness (QED) is 0.739. The van der Waals surface area contributed by atoms with Crippen molar-refractivity contribution in [1.29, 1.82) is 0 Å². The molecule has 1 fully saturated rings. The molecule has 0 aliphatic heterocycles. The number of anilines is 2. The molecule has 7 nitrogen and oxygen atoms in total. The van der Waals surface area contributed by atoms with Gasteiger partial charge in [-0.3, -0.25) is 4.79 Å². The van der Waals surface area contributed by atoms with Gasteiger partial charge in [0.05, 0.1) is 5.56 Å². The Kier molecular flexibility index (Phi) is 6.63. The van der Waals surface area contributed by atoms with Crippen LogP contribution >= 0.6 is 0 Å². The predicted octanol–water partition coefficient (Wildman–Crippen LogP) is 3.59. The number of ether oxygens (including phenoxy) is 1. The second-order valence-electron chi connectivity index (χ2n) is 7.34. The molecule has 1 aliphatic rings. The van der Waals surface area contributed by atoms with E-state index in [-0.39, 0.29) is 17.6 Å². The summed E-state index contributed by atoms with van der Waals surface area (Å²) in [6, 6.07) is 7.20. The Balaban J connectivity index is 1.54. The number of amides is 1. The van der Waals surface area contributed by atoms with Crippen molar-refractivity contribution in [3.63, 3.8) is 0 Å². The largest absolute Gasteiger partial charge is 0.573 e. The third-order valence-corrected chi connectivity index (χ3v) is 4.85. The summed E-state index contributed by atoms with van der Waals surface area (Å²) in [6.07, 6.45) is -0.219. The van der Waals surface area contributed by atoms with Gasteiger partial charge in [0.15, 0.2) is 0 Å². The fourth-order valence-electron chi connectivity index (χ4n) is 3.36. The molecule has 1 amide bonds. The van der Waals surface area contributed by atoms with E-state index in [1.165, 1.54) is 18.2 Å². The van der Waals surface area contributed by atoms with E-state index in [0.717, 1.165) is 24.7 Å². The molecule has 2 aromatic rings. The van der Waals surface area contributed by atoms with E-state index in [0.29, 0.717) is 18.8 Å². The highest BCUT2D eigenvalue weighted by Crippen LogP contribution is 2.27. The van der Waals surface area contributed by atoms with Gasteiger partial charge >= 0.3 is 6.36 Å². The number of alkyl halides is 3. The molecule has 3 rings (SSSR count). The van der Waals surface area contributed by atoms with Gasteiger partial charge in [0.2, 0.25) is 5.95 Å². The van der Waals surface area contributed by atoms with Crippen molar-refractivity contribution in [2.24, 2.45) is 0 Å². The molecular weight excluding hydrogens is 399 g/mol. The molecule has 0 radical (unpaired) electrons. The molecule has 162 valence electrons. The lowest BCUT2D eigenvalue weighted by Gasteiger charge is -2.30. The Morgan fingerprint density at radius 2 is 1.77 bits per heavy atom. The average Bonchev–Trinajstić information content (AvgIpc) is 2.69. The number of nitrogens with zero attached hydrogens (tertiary/aromatic N) is 3. The third kappa shape index (κ3) is 5.98. The van der Waals surface area contributed by atoms with Crippen LogP contribution in [0, 0.1) is 0 Å². The lowest BCUT2D eigenvalue weighted by Crippen LogP contribution is -2.40. The molecule has 10 heteroatoms. The summed E-state index contributed by atoms with van der Waals surface area (Å²) in [5.41, 5.74) is -0.135. The van der Waals surface area contributed by atoms with E-state index in [1.54, 1.807) is 6.20 Å². The van der Waals surface area contributed by atoms with Crippen LogP contribution in [0.25, 0.3) is 0 Å². The first-order valence-corrected chi connectivity index (χ1v) is 9.64. The molecule has 1 heterocycles. The van der Waals surface area contributed by atoms with Gasteiger partial charge in [-0.1, -0.05) is 12.1 Å². The first-order chi connectivity index (χ1) is 14.2. The average molecular weight is 423 g/mol. The second kappa shape index (κ2) is 9.19. The standard InChI is InChI=1S/C20H24F3N5O2/c1-28(2)17-11-12-24-19(27-17)26-14-9-7-13(8-10-14)25-18(29)15-5-3-4-6-16(15)30-20(21,22)23/h3-6,11-14H,7-10H2,1-2H3,(H,25,29)(H,24,26,27)/t13-,14+. The number of carbonyl (C=O) groups is 1. The van der Waals surface area contributed by atoms with Gasteiger partial charge in [-0.25, -0.2) is 4.98 Å². The molecule has 0 saturated heterocycles. The molecular formula is C20H24F3N5O2. The fourth-order valence-corrected chi connectivity index (χ4v) is 3.36. The zero-order valence-electron chi connectivity index (χ0n) is 16.7. The van der Waals surface area contributed by atoms with Crippen molar-refractivity contribution in [2.45, 2.75) is 44.1 Å². The molecule has 2 N–H and O–H groups in total. The molecule has 30 heavy (non-hydrogen) atoms. The monoisotopic (exact) mass is 423 g/mol. The molecule has 0 bridgehead atoms. The van der Waals surface area contributed by atoms with Crippen LogP contribution in [0.2, 0.25) is 0 Å². The molecule has 0 spiro atoms. The Morgan fingerprint density at radius 3 is 2.43 bits per heavy atom. The van der Waals surface area contributed by atoms with Gasteiger partial charge in [0.1, 0.15) is 11.6 Å². The van der Waals surface area contributed by atoms with E-state index in [2.05, 4.69) is 25.3 Å². The van der Waals surface area contributed by atoms with Crippen molar-refractivity contribution < 1.29 is 22.7 Å². The maximum absolute atomic E-state index is 12.6. The maximum Gasteiger partial charge on any atom is 0.573 e. The summed E-state index contributed by atoms with van der Waals surface area (Å²) in [4.78, 5) is 23.1. The van der Waals surface area contributed by atoms with E-state index in [4.69, 9.17) is 0 Å². The second-order valence-corrected chi connectivity index (χ2v) is 7.34. The van der Waals surface area contributed by atoms with Crippen LogP contribution in [0.4, 0.5) is 24.9 Å². The van der Waals surface area contributed by atoms with Crippen LogP contribution in [-0.2, 0) is 0 Å². The van der Waals surface area contributed by atoms with Crippen LogP contribution < -0.4 is 20.3 Å². The SMILES string of the molecule is CN(C)c1ccnc(N[C@H]2CC[C@@H](NC(=O)c3ccccc3OC(F)(F)F)CC2)n1. The van der Waals surface area contributed by atoms with Gasteiger partial charge in [-0.2, -0.15) is 4.98 Å². The van der Waals surface area contributed by atoms with Crippen LogP contribution in [0.1, 0.15) is 36.0 Å². The van der Waals surface area contributed by atoms with Crippen LogP contribution in [-0.4, -0.2) is 48.4 Å². The van der Waals surface area contributed by atoms with Crippen molar-refractivity contribution in [3.05, 3.63) is 42.1 Å². The molecule has 1 aromatic heterocycles. The van der Waals surface area contributed by atoms with Crippen molar-refractivity contribution in [2.75, 3.05) is 24.3 Å². The third-order valence-electron chi connectivity index (χ3n) is 4.85. The Morgan fingerprint density at radius 1 is 1.10 bits per heavy atom. The summed E-state index contributed by atoms with van der Waals surface area (Å²) in [5.74, 6) is 0.268. The normalized spacial score (nSPS) is 19.1. The smallest absolute Gasteiger partial charge is 0.405 e. The number of benzene rings is 1. The molecule has 0 atom stereocenters. The zero-order valence-corrected chi connectivity index (χ0v) is 16.7. The minimum absolute atomic E-state index is 0.122. The Hall–Kier alpha value is -3.04. The topological polar surface area (TPSA) is 79.4 Å². The van der Waals surface area contributed by atoms with Crippen molar-refractivity contribution in [1.82, 2.24) is 15.3 Å². The first kappa shape index (κ1) is 21.7. The van der Waals surface area contributed by atoms with Gasteiger partial charge in [0, 0.05) is 32.4 Å². The number of hydrogen-bond donors (Lipinski definition) is 2. The number of halogens is 3. The van der Waals surface area contributed by atoms with E-state index in [1.807, 2.05) is 25.1 Å². The lowest BCUT2D eigenvalue weighted by molar-refractivity contribution is -0.274. The van der Waals surface area contributed by atoms with Crippen LogP contribution in [0.5, 0.6) is 5.75 Å². The van der Waals surface area contributed by atoms with Crippen LogP contribution in [0.3, 0.4) is 0 Å². The molecule has 1 saturated carbocycles. The van der Waals surface area contributed by atoms with E-state index >= 15 is 0 Å². The maximum atomic E-state index is 12.6. The Labute approximate surface area is 172 Å². The van der Waals surface area contributed by atoms with Gasteiger partial charge in [0.25, 0.3) is 5.91 Å². The molecule has 1 aliphatic carbocycles. The number of nitrogens with one attached hydrogen (secondary N) is 2. The number of carbonyl (C=O) groups excluding carboxylic acids is 1. The Bertz CT molecular complexity index is 868. The summed E-state index contributed by atoms with van der Waals surface area (Å²) in [7, 11) is 3.80. The number of aromatic nitrogens is 2. The number of hydrogen-bond acceptors (Lipinski definition) is 6. The first-order valence-electron chi connectivity index (χ1n) is 9.64. The fraction of sp³-hybridized carbons (Fsp3) is 0.450. The summed E-state index contributed by atoms with van der Waals surface area (Å²) in [5, 5.41) is 6.13. The molecule has 0 unspecified atom stereocenters. The van der Waals surface area contributed by atoms with Gasteiger partial charge < -0.3 is 20.3 Å². The highest BCUT2D eigenvalue weighted by molar-refractivity contribution is 5.97. The summed E-state index contributed by atoms with van der Waals surface area (Å²) >= 11 is 0. The summed E-state index contributed by atoms with van der Waals surface area (Å²) in [6.45, 7) is 0. The van der Waals surface area contributed by atoms with E-state index < -0.39 is 18.0 Å². The van der Waals surface area contributed by atoms with Crippen molar-refractivity contribution >= 4 is 17.7 Å².